The summed E-state index contributed by atoms with van der Waals surface area (Å²) in [5.74, 6) is 0.790. The van der Waals surface area contributed by atoms with Gasteiger partial charge in [0.05, 0.1) is 0 Å². The van der Waals surface area contributed by atoms with E-state index in [1.807, 2.05) is 0 Å². The average Bonchev–Trinajstić information content (AvgIpc) is 2.46. The monoisotopic (exact) mass is 198 g/mol. The van der Waals surface area contributed by atoms with E-state index >= 15 is 0 Å². The highest BCUT2D eigenvalue weighted by atomic mass is 15.2. The molecule has 1 aliphatic heterocycles. The summed E-state index contributed by atoms with van der Waals surface area (Å²) in [4.78, 5) is 2.62. The van der Waals surface area contributed by atoms with Crippen molar-refractivity contribution >= 4 is 0 Å². The molecule has 0 aromatic carbocycles. The molecule has 0 amide bonds. The van der Waals surface area contributed by atoms with Crippen LogP contribution in [0.2, 0.25) is 0 Å². The molecular weight excluding hydrogens is 172 g/mol. The lowest BCUT2D eigenvalue weighted by Gasteiger charge is -2.30. The average molecular weight is 198 g/mol. The topological polar surface area (TPSA) is 29.3 Å². The van der Waals surface area contributed by atoms with E-state index in [0.717, 1.165) is 18.4 Å². The maximum atomic E-state index is 6.01. The Morgan fingerprint density at radius 1 is 1.43 bits per heavy atom. The lowest BCUT2D eigenvalue weighted by Crippen LogP contribution is -2.40. The van der Waals surface area contributed by atoms with Gasteiger partial charge in [-0.1, -0.05) is 13.8 Å². The van der Waals surface area contributed by atoms with Gasteiger partial charge in [0.2, 0.25) is 0 Å². The van der Waals surface area contributed by atoms with Crippen molar-refractivity contribution in [1.29, 1.82) is 0 Å². The molecule has 2 N–H and O–H groups in total. The van der Waals surface area contributed by atoms with Gasteiger partial charge >= 0.3 is 0 Å². The molecule has 1 atom stereocenters. The smallest absolute Gasteiger partial charge is 0.0119 e. The first-order valence-electron chi connectivity index (χ1n) is 5.93. The second kappa shape index (κ2) is 4.63. The molecule has 1 rings (SSSR count). The SMILES string of the molecule is CC(C)C1CCCN1CCC(C)(C)N. The molecule has 1 aliphatic rings. The van der Waals surface area contributed by atoms with Crippen molar-refractivity contribution in [1.82, 2.24) is 4.90 Å². The molecule has 1 saturated heterocycles. The van der Waals surface area contributed by atoms with E-state index in [-0.39, 0.29) is 5.54 Å². The predicted octanol–water partition coefficient (Wildman–Crippen LogP) is 2.23. The fourth-order valence-corrected chi connectivity index (χ4v) is 2.32. The normalized spacial score (nSPS) is 24.9. The molecule has 14 heavy (non-hydrogen) atoms. The third-order valence-corrected chi connectivity index (χ3v) is 3.23. The summed E-state index contributed by atoms with van der Waals surface area (Å²) < 4.78 is 0. The van der Waals surface area contributed by atoms with Crippen LogP contribution in [0.1, 0.15) is 47.0 Å². The maximum Gasteiger partial charge on any atom is 0.0119 e. The minimum Gasteiger partial charge on any atom is -0.326 e. The Balaban J connectivity index is 2.36. The van der Waals surface area contributed by atoms with Crippen LogP contribution >= 0.6 is 0 Å². The molecule has 2 nitrogen and oxygen atoms in total. The predicted molar refractivity (Wildman–Crippen MR) is 62.3 cm³/mol. The molecule has 84 valence electrons. The highest BCUT2D eigenvalue weighted by molar-refractivity contribution is 4.83. The van der Waals surface area contributed by atoms with Crippen LogP contribution < -0.4 is 5.73 Å². The largest absolute Gasteiger partial charge is 0.326 e. The molecule has 0 bridgehead atoms. The third kappa shape index (κ3) is 3.58. The van der Waals surface area contributed by atoms with Crippen molar-refractivity contribution in [3.8, 4) is 0 Å². The molecule has 1 heterocycles. The number of hydrogen-bond donors (Lipinski definition) is 1. The number of nitrogens with two attached hydrogens (primary N) is 1. The van der Waals surface area contributed by atoms with E-state index in [0.29, 0.717) is 0 Å². The highest BCUT2D eigenvalue weighted by Crippen LogP contribution is 2.24. The van der Waals surface area contributed by atoms with Gasteiger partial charge in [-0.3, -0.25) is 0 Å². The lowest BCUT2D eigenvalue weighted by molar-refractivity contribution is 0.192. The minimum atomic E-state index is -0.00980. The van der Waals surface area contributed by atoms with Crippen molar-refractivity contribution < 1.29 is 0 Å². The Morgan fingerprint density at radius 3 is 2.57 bits per heavy atom. The highest BCUT2D eigenvalue weighted by Gasteiger charge is 2.27. The van der Waals surface area contributed by atoms with Gasteiger partial charge in [0.1, 0.15) is 0 Å². The quantitative estimate of drug-likeness (QED) is 0.750. The summed E-state index contributed by atoms with van der Waals surface area (Å²) in [6, 6.07) is 0.803. The molecule has 0 saturated carbocycles. The summed E-state index contributed by atoms with van der Waals surface area (Å²) in [5, 5.41) is 0. The number of likely N-dealkylation sites (tertiary alicyclic amines) is 1. The lowest BCUT2D eigenvalue weighted by atomic mass is 9.99. The van der Waals surface area contributed by atoms with Gasteiger partial charge in [-0.15, -0.1) is 0 Å². The molecule has 0 aliphatic carbocycles. The van der Waals surface area contributed by atoms with Crippen molar-refractivity contribution in [2.24, 2.45) is 11.7 Å². The summed E-state index contributed by atoms with van der Waals surface area (Å²) in [7, 11) is 0. The van der Waals surface area contributed by atoms with Crippen LogP contribution in [-0.4, -0.2) is 29.6 Å². The second-order valence-corrected chi connectivity index (χ2v) is 5.73. The standard InChI is InChI=1S/C12H26N2/c1-10(2)11-6-5-8-14(11)9-7-12(3,4)13/h10-11H,5-9,13H2,1-4H3. The van der Waals surface area contributed by atoms with Crippen molar-refractivity contribution in [3.05, 3.63) is 0 Å². The van der Waals surface area contributed by atoms with Crippen LogP contribution in [0.4, 0.5) is 0 Å². The van der Waals surface area contributed by atoms with E-state index in [9.17, 15) is 0 Å². The van der Waals surface area contributed by atoms with E-state index < -0.39 is 0 Å². The summed E-state index contributed by atoms with van der Waals surface area (Å²) in [6.45, 7) is 11.3. The van der Waals surface area contributed by atoms with Crippen molar-refractivity contribution in [2.45, 2.75) is 58.5 Å². The maximum absolute atomic E-state index is 6.01. The zero-order valence-corrected chi connectivity index (χ0v) is 10.2. The van der Waals surface area contributed by atoms with E-state index in [1.165, 1.54) is 25.9 Å². The van der Waals surface area contributed by atoms with Crippen molar-refractivity contribution in [3.63, 3.8) is 0 Å². The number of rotatable bonds is 4. The first-order valence-corrected chi connectivity index (χ1v) is 5.93. The van der Waals surface area contributed by atoms with Gasteiger partial charge in [0.15, 0.2) is 0 Å². The van der Waals surface area contributed by atoms with E-state index in [2.05, 4.69) is 32.6 Å². The van der Waals surface area contributed by atoms with Crippen LogP contribution in [0, 0.1) is 5.92 Å². The zero-order valence-electron chi connectivity index (χ0n) is 10.2. The number of hydrogen-bond acceptors (Lipinski definition) is 2. The molecule has 0 spiro atoms. The van der Waals surface area contributed by atoms with Gasteiger partial charge in [0, 0.05) is 18.1 Å². The molecule has 1 fully saturated rings. The van der Waals surface area contributed by atoms with E-state index in [4.69, 9.17) is 5.73 Å². The molecule has 0 aromatic rings. The van der Waals surface area contributed by atoms with Gasteiger partial charge < -0.3 is 10.6 Å². The minimum absolute atomic E-state index is 0.00980. The second-order valence-electron chi connectivity index (χ2n) is 5.73. The molecular formula is C12H26N2. The summed E-state index contributed by atoms with van der Waals surface area (Å²) in [6.07, 6.45) is 3.85. The molecule has 0 radical (unpaired) electrons. The molecule has 0 aromatic heterocycles. The van der Waals surface area contributed by atoms with Gasteiger partial charge in [-0.2, -0.15) is 0 Å². The summed E-state index contributed by atoms with van der Waals surface area (Å²) in [5.41, 5.74) is 6.00. The van der Waals surface area contributed by atoms with E-state index in [1.54, 1.807) is 0 Å². The Bertz CT molecular complexity index is 170. The van der Waals surface area contributed by atoms with Crippen LogP contribution in [0.3, 0.4) is 0 Å². The Kier molecular flexibility index (Phi) is 3.96. The fraction of sp³-hybridized carbons (Fsp3) is 1.00. The molecule has 2 heteroatoms. The fourth-order valence-electron chi connectivity index (χ4n) is 2.32. The summed E-state index contributed by atoms with van der Waals surface area (Å²) >= 11 is 0. The van der Waals surface area contributed by atoms with Crippen LogP contribution in [-0.2, 0) is 0 Å². The molecule has 1 unspecified atom stereocenters. The first-order chi connectivity index (χ1) is 6.40. The van der Waals surface area contributed by atoms with Gasteiger partial charge in [0.25, 0.3) is 0 Å². The van der Waals surface area contributed by atoms with Crippen molar-refractivity contribution in [2.75, 3.05) is 13.1 Å². The zero-order chi connectivity index (χ0) is 10.8. The Hall–Kier alpha value is -0.0800. The number of nitrogens with zero attached hydrogens (tertiary/aromatic N) is 1. The first kappa shape index (κ1) is 12.0. The van der Waals surface area contributed by atoms with Crippen LogP contribution in [0.15, 0.2) is 0 Å². The van der Waals surface area contributed by atoms with Gasteiger partial charge in [-0.05, 0) is 45.6 Å². The van der Waals surface area contributed by atoms with Crippen LogP contribution in [0.25, 0.3) is 0 Å². The Morgan fingerprint density at radius 2 is 2.07 bits per heavy atom. The third-order valence-electron chi connectivity index (χ3n) is 3.23. The van der Waals surface area contributed by atoms with Gasteiger partial charge in [-0.25, -0.2) is 0 Å². The Labute approximate surface area is 88.8 Å². The van der Waals surface area contributed by atoms with Crippen LogP contribution in [0.5, 0.6) is 0 Å².